The highest BCUT2D eigenvalue weighted by Crippen LogP contribution is 2.32. The Bertz CT molecular complexity index is 1160. The Kier molecular flexibility index (Phi) is 8.14. The Morgan fingerprint density at radius 3 is 2.44 bits per heavy atom. The van der Waals surface area contributed by atoms with E-state index in [4.69, 9.17) is 4.74 Å². The van der Waals surface area contributed by atoms with Gasteiger partial charge in [-0.2, -0.15) is 4.31 Å². The molecule has 1 aromatic carbocycles. The molecule has 1 unspecified atom stereocenters. The lowest BCUT2D eigenvalue weighted by atomic mass is 9.99. The maximum atomic E-state index is 13.7. The molecule has 2 heterocycles. The number of nitrogens with one attached hydrogen (secondary N) is 1. The second-order valence-corrected chi connectivity index (χ2v) is 10.3. The summed E-state index contributed by atoms with van der Waals surface area (Å²) in [5, 5.41) is 2.82. The molecule has 0 spiro atoms. The van der Waals surface area contributed by atoms with Crippen LogP contribution in [0, 0.1) is 25.6 Å². The fraction of sp³-hybridized carbons (Fsp3) is 0.500. The Morgan fingerprint density at radius 2 is 1.82 bits per heavy atom. The average Bonchev–Trinajstić information content (AvgIpc) is 3.08. The average molecular weight is 494 g/mol. The standard InChI is InChI=1S/C24H32FN3O5S/c1-5-28-16(3)21(24(30)33-6-2)22(17(28)4)34(31,32)27-13-7-8-19(15-27)23(29)26-14-18-9-11-20(25)12-10-18/h9-12,19H,5-8,13-15H2,1-4H3,(H,26,29). The number of hydrogen-bond donors (Lipinski definition) is 1. The zero-order chi connectivity index (χ0) is 25.0. The summed E-state index contributed by atoms with van der Waals surface area (Å²) in [4.78, 5) is 25.5. The van der Waals surface area contributed by atoms with E-state index in [0.29, 0.717) is 30.8 Å². The van der Waals surface area contributed by atoms with Gasteiger partial charge >= 0.3 is 5.97 Å². The van der Waals surface area contributed by atoms with Crippen LogP contribution in [0.25, 0.3) is 0 Å². The van der Waals surface area contributed by atoms with Crippen molar-refractivity contribution in [3.05, 3.63) is 52.6 Å². The maximum Gasteiger partial charge on any atom is 0.341 e. The Balaban J connectivity index is 1.83. The Morgan fingerprint density at radius 1 is 1.15 bits per heavy atom. The van der Waals surface area contributed by atoms with E-state index < -0.39 is 21.9 Å². The quantitative estimate of drug-likeness (QED) is 0.570. The van der Waals surface area contributed by atoms with Crippen LogP contribution >= 0.6 is 0 Å². The molecule has 1 N–H and O–H groups in total. The van der Waals surface area contributed by atoms with Crippen molar-refractivity contribution in [2.45, 2.75) is 58.5 Å². The predicted octanol–water partition coefficient (Wildman–Crippen LogP) is 3.16. The molecule has 0 radical (unpaired) electrons. The van der Waals surface area contributed by atoms with Crippen molar-refractivity contribution in [1.82, 2.24) is 14.2 Å². The number of ether oxygens (including phenoxy) is 1. The van der Waals surface area contributed by atoms with Gasteiger partial charge in [-0.3, -0.25) is 4.79 Å². The van der Waals surface area contributed by atoms with E-state index in [1.54, 1.807) is 37.5 Å². The largest absolute Gasteiger partial charge is 0.462 e. The molecule has 0 aliphatic carbocycles. The van der Waals surface area contributed by atoms with Crippen molar-refractivity contribution in [2.24, 2.45) is 5.92 Å². The van der Waals surface area contributed by atoms with Crippen molar-refractivity contribution >= 4 is 21.9 Å². The molecule has 8 nitrogen and oxygen atoms in total. The van der Waals surface area contributed by atoms with Crippen LogP contribution in [-0.4, -0.2) is 48.9 Å². The molecule has 1 amide bonds. The highest BCUT2D eigenvalue weighted by atomic mass is 32.2. The van der Waals surface area contributed by atoms with Gasteiger partial charge in [-0.15, -0.1) is 0 Å². The predicted molar refractivity (Wildman–Crippen MR) is 125 cm³/mol. The van der Waals surface area contributed by atoms with Gasteiger partial charge in [-0.25, -0.2) is 17.6 Å². The first kappa shape index (κ1) is 25.9. The minimum absolute atomic E-state index is 0.0235. The van der Waals surface area contributed by atoms with E-state index in [1.165, 1.54) is 16.4 Å². The zero-order valence-electron chi connectivity index (χ0n) is 20.1. The number of halogens is 1. The highest BCUT2D eigenvalue weighted by molar-refractivity contribution is 7.89. The first-order valence-corrected chi connectivity index (χ1v) is 12.9. The van der Waals surface area contributed by atoms with Gasteiger partial charge in [0, 0.05) is 37.6 Å². The smallest absolute Gasteiger partial charge is 0.341 e. The number of carbonyl (C=O) groups is 2. The summed E-state index contributed by atoms with van der Waals surface area (Å²) in [7, 11) is -4.05. The van der Waals surface area contributed by atoms with Gasteiger partial charge in [0.1, 0.15) is 16.3 Å². The number of esters is 1. The van der Waals surface area contributed by atoms with Crippen LogP contribution in [0.1, 0.15) is 54.0 Å². The lowest BCUT2D eigenvalue weighted by Gasteiger charge is -2.31. The van der Waals surface area contributed by atoms with E-state index in [0.717, 1.165) is 5.56 Å². The van der Waals surface area contributed by atoms with Crippen molar-refractivity contribution in [2.75, 3.05) is 19.7 Å². The molecule has 1 atom stereocenters. The molecule has 1 saturated heterocycles. The fourth-order valence-corrected chi connectivity index (χ4v) is 6.50. The molecular weight excluding hydrogens is 461 g/mol. The van der Waals surface area contributed by atoms with Gasteiger partial charge in [-0.1, -0.05) is 12.1 Å². The molecule has 10 heteroatoms. The van der Waals surface area contributed by atoms with Crippen molar-refractivity contribution < 1.29 is 27.1 Å². The lowest BCUT2D eigenvalue weighted by Crippen LogP contribution is -2.45. The lowest BCUT2D eigenvalue weighted by molar-refractivity contribution is -0.126. The summed E-state index contributed by atoms with van der Waals surface area (Å²) in [5.74, 6) is -1.80. The first-order valence-electron chi connectivity index (χ1n) is 11.5. The number of carbonyl (C=O) groups excluding carboxylic acids is 2. The molecule has 3 rings (SSSR count). The maximum absolute atomic E-state index is 13.7. The third-order valence-electron chi connectivity index (χ3n) is 6.26. The van der Waals surface area contributed by atoms with Crippen molar-refractivity contribution in [3.8, 4) is 0 Å². The van der Waals surface area contributed by atoms with Crippen LogP contribution in [-0.2, 0) is 32.6 Å². The van der Waals surface area contributed by atoms with Gasteiger partial charge in [0.25, 0.3) is 0 Å². The summed E-state index contributed by atoms with van der Waals surface area (Å²) < 4.78 is 48.8. The van der Waals surface area contributed by atoms with E-state index >= 15 is 0 Å². The second kappa shape index (κ2) is 10.7. The highest BCUT2D eigenvalue weighted by Gasteiger charge is 2.39. The summed E-state index contributed by atoms with van der Waals surface area (Å²) >= 11 is 0. The Labute approximate surface area is 200 Å². The minimum atomic E-state index is -4.05. The SMILES string of the molecule is CCOC(=O)c1c(S(=O)(=O)N2CCCC(C(=O)NCc3ccc(F)cc3)C2)c(C)n(CC)c1C. The van der Waals surface area contributed by atoms with Gasteiger partial charge in [0.2, 0.25) is 15.9 Å². The topological polar surface area (TPSA) is 97.7 Å². The number of sulfonamides is 1. The second-order valence-electron chi connectivity index (χ2n) is 8.39. The summed E-state index contributed by atoms with van der Waals surface area (Å²) in [6.45, 7) is 8.11. The van der Waals surface area contributed by atoms with Crippen molar-refractivity contribution in [3.63, 3.8) is 0 Å². The van der Waals surface area contributed by atoms with Crippen LogP contribution in [0.15, 0.2) is 29.2 Å². The molecule has 1 aliphatic heterocycles. The van der Waals surface area contributed by atoms with Gasteiger partial charge in [-0.05, 0) is 58.2 Å². The fourth-order valence-electron chi connectivity index (χ4n) is 4.53. The molecule has 0 saturated carbocycles. The number of aromatic nitrogens is 1. The number of hydrogen-bond acceptors (Lipinski definition) is 5. The molecule has 1 fully saturated rings. The number of amides is 1. The van der Waals surface area contributed by atoms with E-state index in [9.17, 15) is 22.4 Å². The number of rotatable bonds is 8. The number of piperidine rings is 1. The molecule has 1 aromatic heterocycles. The minimum Gasteiger partial charge on any atom is -0.462 e. The third kappa shape index (κ3) is 5.17. The molecule has 2 aromatic rings. The molecular formula is C24H32FN3O5S. The van der Waals surface area contributed by atoms with Crippen LogP contribution < -0.4 is 5.32 Å². The van der Waals surface area contributed by atoms with Crippen LogP contribution in [0.5, 0.6) is 0 Å². The molecule has 0 bridgehead atoms. The Hall–Kier alpha value is -2.72. The summed E-state index contributed by atoms with van der Waals surface area (Å²) in [6.07, 6.45) is 1.08. The van der Waals surface area contributed by atoms with E-state index in [-0.39, 0.29) is 48.4 Å². The first-order chi connectivity index (χ1) is 16.1. The third-order valence-corrected chi connectivity index (χ3v) is 8.28. The number of nitrogens with zero attached hydrogens (tertiary/aromatic N) is 2. The van der Waals surface area contributed by atoms with E-state index in [2.05, 4.69) is 5.32 Å². The zero-order valence-corrected chi connectivity index (χ0v) is 20.9. The summed E-state index contributed by atoms with van der Waals surface area (Å²) in [5.41, 5.74) is 1.83. The normalized spacial score (nSPS) is 16.9. The van der Waals surface area contributed by atoms with Gasteiger partial charge in [0.15, 0.2) is 0 Å². The van der Waals surface area contributed by atoms with Crippen LogP contribution in [0.2, 0.25) is 0 Å². The van der Waals surface area contributed by atoms with E-state index in [1.807, 2.05) is 6.92 Å². The number of benzene rings is 1. The van der Waals surface area contributed by atoms with Gasteiger partial charge in [0.05, 0.1) is 12.5 Å². The van der Waals surface area contributed by atoms with Crippen LogP contribution in [0.4, 0.5) is 4.39 Å². The monoisotopic (exact) mass is 493 g/mol. The van der Waals surface area contributed by atoms with Gasteiger partial charge < -0.3 is 14.6 Å². The molecule has 1 aliphatic rings. The molecule has 34 heavy (non-hydrogen) atoms. The molecule has 186 valence electrons. The summed E-state index contributed by atoms with van der Waals surface area (Å²) in [6, 6.07) is 5.83. The van der Waals surface area contributed by atoms with Crippen LogP contribution in [0.3, 0.4) is 0 Å². The van der Waals surface area contributed by atoms with Crippen molar-refractivity contribution in [1.29, 1.82) is 0 Å².